The second-order valence-electron chi connectivity index (χ2n) is 4.80. The molecule has 1 aromatic rings. The van der Waals surface area contributed by atoms with Crippen LogP contribution >= 0.6 is 0 Å². The molecule has 0 aliphatic carbocycles. The highest BCUT2D eigenvalue weighted by molar-refractivity contribution is 5.95. The second kappa shape index (κ2) is 7.41. The van der Waals surface area contributed by atoms with Crippen molar-refractivity contribution in [2.45, 2.75) is 0 Å². The largest absolute Gasteiger partial charge is 0.454 e. The van der Waals surface area contributed by atoms with Gasteiger partial charge in [0.15, 0.2) is 11.5 Å². The first-order valence-electron chi connectivity index (χ1n) is 6.87. The van der Waals surface area contributed by atoms with Gasteiger partial charge in [-0.15, -0.1) is 13.2 Å². The number of nitro groups is 1. The molecule has 1 N–H and O–H groups in total. The van der Waals surface area contributed by atoms with Crippen molar-refractivity contribution >= 4 is 17.3 Å². The number of hydrogen-bond acceptors (Lipinski definition) is 6. The van der Waals surface area contributed by atoms with E-state index in [1.807, 2.05) is 0 Å². The number of ether oxygens (including phenoxy) is 2. The molecule has 1 aromatic carbocycles. The third kappa shape index (κ3) is 4.07. The average molecular weight is 319 g/mol. The van der Waals surface area contributed by atoms with Gasteiger partial charge in [-0.1, -0.05) is 12.2 Å². The Kier molecular flexibility index (Phi) is 5.32. The monoisotopic (exact) mass is 319 g/mol. The molecule has 0 unspecified atom stereocenters. The lowest BCUT2D eigenvalue weighted by molar-refractivity contribution is -0.384. The first kappa shape index (κ1) is 16.5. The summed E-state index contributed by atoms with van der Waals surface area (Å²) < 4.78 is 10.3. The molecular formula is C15H17N3O5. The van der Waals surface area contributed by atoms with E-state index in [0.717, 1.165) is 0 Å². The molecule has 1 heterocycles. The van der Waals surface area contributed by atoms with Crippen molar-refractivity contribution in [3.63, 3.8) is 0 Å². The molecule has 1 aliphatic rings. The molecule has 0 aromatic heterocycles. The quantitative estimate of drug-likeness (QED) is 0.447. The molecular weight excluding hydrogens is 302 g/mol. The lowest BCUT2D eigenvalue weighted by atomic mass is 10.2. The maximum atomic E-state index is 12.1. The number of nitrogens with one attached hydrogen (secondary N) is 1. The lowest BCUT2D eigenvalue weighted by Crippen LogP contribution is -2.33. The molecule has 1 aliphatic heterocycles. The number of anilines is 1. The summed E-state index contributed by atoms with van der Waals surface area (Å²) in [5, 5.41) is 13.7. The van der Waals surface area contributed by atoms with Gasteiger partial charge in [-0.25, -0.2) is 0 Å². The van der Waals surface area contributed by atoms with Crippen molar-refractivity contribution in [3.05, 3.63) is 47.6 Å². The Morgan fingerprint density at radius 1 is 1.30 bits per heavy atom. The van der Waals surface area contributed by atoms with E-state index in [0.29, 0.717) is 18.8 Å². The summed E-state index contributed by atoms with van der Waals surface area (Å²) in [5.74, 6) is 0.269. The molecule has 0 bridgehead atoms. The standard InChI is InChI=1S/C15H17N3O5/c1-3-5-17(6-4-2)9-15(19)16-11-7-13-14(23-10-22-13)8-12(11)18(20)21/h3-4,7-8H,1-2,5-6,9-10H2,(H,16,19). The van der Waals surface area contributed by atoms with Crippen LogP contribution in [0.2, 0.25) is 0 Å². The van der Waals surface area contributed by atoms with Gasteiger partial charge in [0.25, 0.3) is 5.69 Å². The van der Waals surface area contributed by atoms with Gasteiger partial charge in [0.2, 0.25) is 12.7 Å². The minimum absolute atomic E-state index is 0.00364. The lowest BCUT2D eigenvalue weighted by Gasteiger charge is -2.18. The van der Waals surface area contributed by atoms with E-state index in [1.165, 1.54) is 12.1 Å². The molecule has 2 rings (SSSR count). The zero-order valence-electron chi connectivity index (χ0n) is 12.5. The Balaban J connectivity index is 2.15. The molecule has 0 saturated heterocycles. The van der Waals surface area contributed by atoms with Crippen LogP contribution in [-0.2, 0) is 4.79 Å². The number of carbonyl (C=O) groups is 1. The predicted molar refractivity (Wildman–Crippen MR) is 84.7 cm³/mol. The van der Waals surface area contributed by atoms with Gasteiger partial charge in [0.05, 0.1) is 17.5 Å². The van der Waals surface area contributed by atoms with Crippen molar-refractivity contribution in [3.8, 4) is 11.5 Å². The average Bonchev–Trinajstić information content (AvgIpc) is 2.93. The molecule has 8 nitrogen and oxygen atoms in total. The van der Waals surface area contributed by atoms with Gasteiger partial charge in [0, 0.05) is 19.2 Å². The molecule has 0 saturated carbocycles. The topological polar surface area (TPSA) is 93.9 Å². The van der Waals surface area contributed by atoms with Gasteiger partial charge in [0.1, 0.15) is 5.69 Å². The van der Waals surface area contributed by atoms with E-state index >= 15 is 0 Å². The summed E-state index contributed by atoms with van der Waals surface area (Å²) in [6, 6.07) is 2.63. The van der Waals surface area contributed by atoms with E-state index in [1.54, 1.807) is 17.1 Å². The summed E-state index contributed by atoms with van der Waals surface area (Å²) >= 11 is 0. The molecule has 23 heavy (non-hydrogen) atoms. The van der Waals surface area contributed by atoms with Crippen LogP contribution < -0.4 is 14.8 Å². The Bertz CT molecular complexity index is 634. The highest BCUT2D eigenvalue weighted by atomic mass is 16.7. The second-order valence-corrected chi connectivity index (χ2v) is 4.80. The summed E-state index contributed by atoms with van der Waals surface area (Å²) in [6.45, 7) is 8.31. The minimum Gasteiger partial charge on any atom is -0.454 e. The predicted octanol–water partition coefficient (Wildman–Crippen LogP) is 1.94. The molecule has 8 heteroatoms. The molecule has 0 spiro atoms. The number of amides is 1. The van der Waals surface area contributed by atoms with E-state index in [2.05, 4.69) is 18.5 Å². The van der Waals surface area contributed by atoms with Gasteiger partial charge in [-0.3, -0.25) is 19.8 Å². The van der Waals surface area contributed by atoms with Crippen LogP contribution in [0, 0.1) is 10.1 Å². The molecule has 0 atom stereocenters. The van der Waals surface area contributed by atoms with Crippen molar-refractivity contribution in [2.75, 3.05) is 31.7 Å². The number of hydrogen-bond donors (Lipinski definition) is 1. The van der Waals surface area contributed by atoms with E-state index < -0.39 is 4.92 Å². The van der Waals surface area contributed by atoms with E-state index in [4.69, 9.17) is 9.47 Å². The SMILES string of the molecule is C=CCN(CC=C)CC(=O)Nc1cc2c(cc1[N+](=O)[O-])OCO2. The summed E-state index contributed by atoms with van der Waals surface area (Å²) in [4.78, 5) is 24.5. The Labute approximate surface area is 133 Å². The number of fused-ring (bicyclic) bond motifs is 1. The summed E-state index contributed by atoms with van der Waals surface area (Å²) in [6.07, 6.45) is 3.33. The maximum Gasteiger partial charge on any atom is 0.296 e. The first-order valence-corrected chi connectivity index (χ1v) is 6.87. The fourth-order valence-electron chi connectivity index (χ4n) is 2.14. The molecule has 122 valence electrons. The molecule has 0 fully saturated rings. The molecule has 1 amide bonds. The van der Waals surface area contributed by atoms with Crippen LogP contribution in [0.4, 0.5) is 11.4 Å². The van der Waals surface area contributed by atoms with Gasteiger partial charge < -0.3 is 14.8 Å². The maximum absolute atomic E-state index is 12.1. The Morgan fingerprint density at radius 3 is 2.48 bits per heavy atom. The minimum atomic E-state index is -0.581. The van der Waals surface area contributed by atoms with E-state index in [-0.39, 0.29) is 36.4 Å². The summed E-state index contributed by atoms with van der Waals surface area (Å²) in [7, 11) is 0. The van der Waals surface area contributed by atoms with Crippen LogP contribution in [0.3, 0.4) is 0 Å². The third-order valence-electron chi connectivity index (χ3n) is 3.10. The third-order valence-corrected chi connectivity index (χ3v) is 3.10. The smallest absolute Gasteiger partial charge is 0.296 e. The number of nitrogens with zero attached hydrogens (tertiary/aromatic N) is 2. The van der Waals surface area contributed by atoms with Gasteiger partial charge in [-0.2, -0.15) is 0 Å². The highest BCUT2D eigenvalue weighted by Crippen LogP contribution is 2.40. The number of benzene rings is 1. The zero-order valence-corrected chi connectivity index (χ0v) is 12.5. The zero-order chi connectivity index (χ0) is 16.8. The molecule has 0 radical (unpaired) electrons. The van der Waals surface area contributed by atoms with Crippen LogP contribution in [-0.4, -0.2) is 42.2 Å². The fourth-order valence-corrected chi connectivity index (χ4v) is 2.14. The van der Waals surface area contributed by atoms with Gasteiger partial charge >= 0.3 is 0 Å². The van der Waals surface area contributed by atoms with Crippen molar-refractivity contribution in [2.24, 2.45) is 0 Å². The Hall–Kier alpha value is -2.87. The van der Waals surface area contributed by atoms with E-state index in [9.17, 15) is 14.9 Å². The van der Waals surface area contributed by atoms with Crippen molar-refractivity contribution in [1.29, 1.82) is 0 Å². The van der Waals surface area contributed by atoms with Crippen molar-refractivity contribution in [1.82, 2.24) is 4.90 Å². The number of rotatable bonds is 8. The number of nitro benzene ring substituents is 1. The fraction of sp³-hybridized carbons (Fsp3) is 0.267. The van der Waals surface area contributed by atoms with Crippen LogP contribution in [0.5, 0.6) is 11.5 Å². The summed E-state index contributed by atoms with van der Waals surface area (Å²) in [5.41, 5.74) is -0.178. The normalized spacial score (nSPS) is 12.0. The number of carbonyl (C=O) groups excluding carboxylic acids is 1. The highest BCUT2D eigenvalue weighted by Gasteiger charge is 2.24. The van der Waals surface area contributed by atoms with Gasteiger partial charge in [-0.05, 0) is 0 Å². The van der Waals surface area contributed by atoms with Crippen molar-refractivity contribution < 1.29 is 19.2 Å². The van der Waals surface area contributed by atoms with Crippen LogP contribution in [0.1, 0.15) is 0 Å². The first-order chi connectivity index (χ1) is 11.0. The van der Waals surface area contributed by atoms with Crippen LogP contribution in [0.25, 0.3) is 0 Å². The Morgan fingerprint density at radius 2 is 1.91 bits per heavy atom. The van der Waals surface area contributed by atoms with Crippen LogP contribution in [0.15, 0.2) is 37.4 Å².